The predicted octanol–water partition coefficient (Wildman–Crippen LogP) is 0.747. The summed E-state index contributed by atoms with van der Waals surface area (Å²) in [5.74, 6) is 1.00. The summed E-state index contributed by atoms with van der Waals surface area (Å²) in [5.41, 5.74) is 0. The molecule has 10 heavy (non-hydrogen) atoms. The molecule has 3 unspecified atom stereocenters. The molecule has 2 N–H and O–H groups in total. The lowest BCUT2D eigenvalue weighted by atomic mass is 9.87. The van der Waals surface area contributed by atoms with Crippen molar-refractivity contribution >= 4 is 11.6 Å². The maximum absolute atomic E-state index is 9.17. The van der Waals surface area contributed by atoms with Crippen molar-refractivity contribution in [1.29, 1.82) is 0 Å². The zero-order valence-electron chi connectivity index (χ0n) is 5.83. The van der Waals surface area contributed by atoms with Gasteiger partial charge in [0.05, 0.1) is 12.2 Å². The Labute approximate surface area is 65.8 Å². The molecule has 0 aromatic rings. The zero-order valence-corrected chi connectivity index (χ0v) is 6.59. The number of hydrogen-bond acceptors (Lipinski definition) is 2. The van der Waals surface area contributed by atoms with E-state index in [9.17, 15) is 5.11 Å². The van der Waals surface area contributed by atoms with E-state index >= 15 is 0 Å². The quantitative estimate of drug-likeness (QED) is 0.562. The minimum Gasteiger partial charge on any atom is -0.390 e. The van der Waals surface area contributed by atoms with Crippen molar-refractivity contribution in [2.75, 3.05) is 5.88 Å². The summed E-state index contributed by atoms with van der Waals surface area (Å²) in [7, 11) is 0. The van der Waals surface area contributed by atoms with Crippen LogP contribution in [0.4, 0.5) is 0 Å². The van der Waals surface area contributed by atoms with Gasteiger partial charge in [-0.1, -0.05) is 0 Å². The molecule has 1 rings (SSSR count). The van der Waals surface area contributed by atoms with Gasteiger partial charge in [0, 0.05) is 5.88 Å². The molecule has 60 valence electrons. The third-order valence-electron chi connectivity index (χ3n) is 2.11. The summed E-state index contributed by atoms with van der Waals surface area (Å²) < 4.78 is 0. The van der Waals surface area contributed by atoms with E-state index < -0.39 is 12.2 Å². The van der Waals surface area contributed by atoms with E-state index in [-0.39, 0.29) is 0 Å². The SMILES string of the molecule is OC1CCC(CCl)CC1O. The van der Waals surface area contributed by atoms with Gasteiger partial charge in [-0.2, -0.15) is 0 Å². The minimum absolute atomic E-state index is 0.403. The van der Waals surface area contributed by atoms with Gasteiger partial charge >= 0.3 is 0 Å². The van der Waals surface area contributed by atoms with E-state index in [1.54, 1.807) is 0 Å². The van der Waals surface area contributed by atoms with Gasteiger partial charge in [-0.05, 0) is 25.2 Å². The molecule has 0 aromatic heterocycles. The summed E-state index contributed by atoms with van der Waals surface area (Å²) in [6, 6.07) is 0. The number of halogens is 1. The fraction of sp³-hybridized carbons (Fsp3) is 1.00. The average molecular weight is 165 g/mol. The standard InChI is InChI=1S/C7H13ClO2/c8-4-5-1-2-6(9)7(10)3-5/h5-7,9-10H,1-4H2. The molecule has 1 aliphatic rings. The van der Waals surface area contributed by atoms with Crippen LogP contribution >= 0.6 is 11.6 Å². The van der Waals surface area contributed by atoms with Crippen LogP contribution in [0.2, 0.25) is 0 Å². The predicted molar refractivity (Wildman–Crippen MR) is 40.1 cm³/mol. The topological polar surface area (TPSA) is 40.5 Å². The van der Waals surface area contributed by atoms with Crippen LogP contribution in [0.1, 0.15) is 19.3 Å². The molecule has 3 atom stereocenters. The average Bonchev–Trinajstić information content (AvgIpc) is 1.95. The Hall–Kier alpha value is 0.210. The molecular weight excluding hydrogens is 152 g/mol. The maximum Gasteiger partial charge on any atom is 0.0802 e. The maximum atomic E-state index is 9.17. The Morgan fingerprint density at radius 2 is 1.90 bits per heavy atom. The minimum atomic E-state index is -0.544. The highest BCUT2D eigenvalue weighted by Gasteiger charge is 2.26. The Balaban J connectivity index is 2.33. The summed E-state index contributed by atoms with van der Waals surface area (Å²) >= 11 is 5.60. The molecule has 0 aromatic carbocycles. The Morgan fingerprint density at radius 1 is 1.20 bits per heavy atom. The fourth-order valence-corrected chi connectivity index (χ4v) is 1.64. The van der Waals surface area contributed by atoms with Crippen LogP contribution in [0.15, 0.2) is 0 Å². The summed E-state index contributed by atoms with van der Waals surface area (Å²) in [6.45, 7) is 0. The third kappa shape index (κ3) is 1.84. The van der Waals surface area contributed by atoms with Gasteiger partial charge in [0.1, 0.15) is 0 Å². The molecule has 1 fully saturated rings. The van der Waals surface area contributed by atoms with Crippen molar-refractivity contribution in [1.82, 2.24) is 0 Å². The van der Waals surface area contributed by atoms with E-state index in [0.29, 0.717) is 24.6 Å². The molecule has 0 aliphatic heterocycles. The van der Waals surface area contributed by atoms with Gasteiger partial charge in [-0.25, -0.2) is 0 Å². The van der Waals surface area contributed by atoms with Gasteiger partial charge in [-0.15, -0.1) is 11.6 Å². The van der Waals surface area contributed by atoms with Gasteiger partial charge in [0.15, 0.2) is 0 Å². The lowest BCUT2D eigenvalue weighted by molar-refractivity contribution is -0.0221. The lowest BCUT2D eigenvalue weighted by Crippen LogP contribution is -2.33. The van der Waals surface area contributed by atoms with Crippen LogP contribution in [0, 0.1) is 5.92 Å². The van der Waals surface area contributed by atoms with Gasteiger partial charge < -0.3 is 10.2 Å². The molecule has 0 radical (unpaired) electrons. The second kappa shape index (κ2) is 3.56. The second-order valence-electron chi connectivity index (χ2n) is 2.97. The van der Waals surface area contributed by atoms with E-state index in [2.05, 4.69) is 0 Å². The van der Waals surface area contributed by atoms with Crippen LogP contribution < -0.4 is 0 Å². The monoisotopic (exact) mass is 164 g/mol. The third-order valence-corrected chi connectivity index (χ3v) is 2.54. The number of rotatable bonds is 1. The lowest BCUT2D eigenvalue weighted by Gasteiger charge is -2.28. The van der Waals surface area contributed by atoms with Crippen LogP contribution in [-0.2, 0) is 0 Å². The molecule has 0 bridgehead atoms. The number of hydrogen-bond donors (Lipinski definition) is 2. The second-order valence-corrected chi connectivity index (χ2v) is 3.28. The van der Waals surface area contributed by atoms with Crippen molar-refractivity contribution in [2.45, 2.75) is 31.5 Å². The number of aliphatic hydroxyl groups excluding tert-OH is 2. The van der Waals surface area contributed by atoms with E-state index in [1.165, 1.54) is 0 Å². The summed E-state index contributed by atoms with van der Waals surface area (Å²) in [4.78, 5) is 0. The molecule has 2 nitrogen and oxygen atoms in total. The van der Waals surface area contributed by atoms with Crippen LogP contribution in [-0.4, -0.2) is 28.3 Å². The highest BCUT2D eigenvalue weighted by atomic mass is 35.5. The fourth-order valence-electron chi connectivity index (χ4n) is 1.36. The van der Waals surface area contributed by atoms with Gasteiger partial charge in [0.25, 0.3) is 0 Å². The normalized spacial score (nSPS) is 41.7. The molecule has 0 spiro atoms. The van der Waals surface area contributed by atoms with Crippen LogP contribution in [0.5, 0.6) is 0 Å². The number of aliphatic hydroxyl groups is 2. The molecular formula is C7H13ClO2. The van der Waals surface area contributed by atoms with E-state index in [1.807, 2.05) is 0 Å². The Morgan fingerprint density at radius 3 is 2.40 bits per heavy atom. The summed E-state index contributed by atoms with van der Waals surface area (Å²) in [5, 5.41) is 18.3. The van der Waals surface area contributed by atoms with E-state index in [4.69, 9.17) is 16.7 Å². The molecule has 1 saturated carbocycles. The van der Waals surface area contributed by atoms with Crippen molar-refractivity contribution < 1.29 is 10.2 Å². The van der Waals surface area contributed by atoms with Crippen molar-refractivity contribution in [3.63, 3.8) is 0 Å². The number of alkyl halides is 1. The first-order chi connectivity index (χ1) is 4.74. The molecule has 0 amide bonds. The zero-order chi connectivity index (χ0) is 7.56. The van der Waals surface area contributed by atoms with Crippen LogP contribution in [0.3, 0.4) is 0 Å². The largest absolute Gasteiger partial charge is 0.390 e. The smallest absolute Gasteiger partial charge is 0.0802 e. The van der Waals surface area contributed by atoms with Crippen LogP contribution in [0.25, 0.3) is 0 Å². The van der Waals surface area contributed by atoms with Crippen molar-refractivity contribution in [3.8, 4) is 0 Å². The first-order valence-corrected chi connectivity index (χ1v) is 4.19. The highest BCUT2D eigenvalue weighted by Crippen LogP contribution is 2.25. The molecule has 1 aliphatic carbocycles. The highest BCUT2D eigenvalue weighted by molar-refractivity contribution is 6.18. The first-order valence-electron chi connectivity index (χ1n) is 3.66. The van der Waals surface area contributed by atoms with Crippen molar-refractivity contribution in [2.24, 2.45) is 5.92 Å². The Bertz CT molecular complexity index is 108. The molecule has 0 heterocycles. The van der Waals surface area contributed by atoms with Crippen molar-refractivity contribution in [3.05, 3.63) is 0 Å². The van der Waals surface area contributed by atoms with Gasteiger partial charge in [-0.3, -0.25) is 0 Å². The van der Waals surface area contributed by atoms with E-state index in [0.717, 1.165) is 6.42 Å². The van der Waals surface area contributed by atoms with Gasteiger partial charge in [0.2, 0.25) is 0 Å². The first kappa shape index (κ1) is 8.31. The summed E-state index contributed by atoms with van der Waals surface area (Å²) in [6.07, 6.45) is 1.24. The molecule has 3 heteroatoms. The molecule has 0 saturated heterocycles. The Kier molecular flexibility index (Phi) is 2.96.